The third-order valence-electron chi connectivity index (χ3n) is 4.96. The van der Waals surface area contributed by atoms with Gasteiger partial charge >= 0.3 is 0 Å². The summed E-state index contributed by atoms with van der Waals surface area (Å²) in [6, 6.07) is 16.8. The predicted octanol–water partition coefficient (Wildman–Crippen LogP) is 4.05. The van der Waals surface area contributed by atoms with Gasteiger partial charge in [-0.1, -0.05) is 35.9 Å². The van der Waals surface area contributed by atoms with E-state index < -0.39 is 27.4 Å². The second-order valence-electron chi connectivity index (χ2n) is 7.30. The minimum atomic E-state index is -4.14. The molecule has 1 amide bonds. The number of para-hydroxylation sites is 2. The zero-order valence-corrected chi connectivity index (χ0v) is 19.1. The first-order chi connectivity index (χ1) is 15.6. The summed E-state index contributed by atoms with van der Waals surface area (Å²) in [4.78, 5) is 23.5. The van der Waals surface area contributed by atoms with Crippen LogP contribution < -0.4 is 14.4 Å². The molecule has 0 spiro atoms. The van der Waals surface area contributed by atoms with Crippen molar-refractivity contribution >= 4 is 33.0 Å². The second-order valence-corrected chi connectivity index (χ2v) is 9.16. The number of anilines is 2. The fourth-order valence-electron chi connectivity index (χ4n) is 3.15. The van der Waals surface area contributed by atoms with Gasteiger partial charge in [0.25, 0.3) is 15.7 Å². The lowest BCUT2D eigenvalue weighted by Crippen LogP contribution is -2.38. The van der Waals surface area contributed by atoms with Gasteiger partial charge in [0.1, 0.15) is 12.3 Å². The van der Waals surface area contributed by atoms with E-state index in [-0.39, 0.29) is 27.7 Å². The van der Waals surface area contributed by atoms with Crippen molar-refractivity contribution in [3.8, 4) is 5.75 Å². The largest absolute Gasteiger partial charge is 0.495 e. The Bertz CT molecular complexity index is 1290. The number of nitro benzene ring substituents is 1. The fraction of sp³-hybridized carbons (Fsp3) is 0.174. The predicted molar refractivity (Wildman–Crippen MR) is 125 cm³/mol. The van der Waals surface area contributed by atoms with Crippen molar-refractivity contribution in [3.63, 3.8) is 0 Å². The highest BCUT2D eigenvalue weighted by Crippen LogP contribution is 2.32. The van der Waals surface area contributed by atoms with Crippen LogP contribution in [-0.2, 0) is 14.8 Å². The second kappa shape index (κ2) is 9.70. The summed E-state index contributed by atoms with van der Waals surface area (Å²) in [6.07, 6.45) is 0. The van der Waals surface area contributed by atoms with Crippen LogP contribution in [0.25, 0.3) is 0 Å². The molecule has 1 N–H and O–H groups in total. The van der Waals surface area contributed by atoms with Crippen LogP contribution in [0.5, 0.6) is 5.75 Å². The van der Waals surface area contributed by atoms with Gasteiger partial charge in [0.2, 0.25) is 5.91 Å². The Hall–Kier alpha value is -3.92. The molecular weight excluding hydrogens is 446 g/mol. The number of amides is 1. The summed E-state index contributed by atoms with van der Waals surface area (Å²) >= 11 is 0. The zero-order valence-electron chi connectivity index (χ0n) is 18.3. The van der Waals surface area contributed by atoms with E-state index in [0.717, 1.165) is 9.87 Å². The topological polar surface area (TPSA) is 119 Å². The van der Waals surface area contributed by atoms with Gasteiger partial charge in [0, 0.05) is 12.1 Å². The standard InChI is InChI=1S/C23H23N3O6S/c1-16-8-12-19(13-9-16)33(30,31)25(21-6-4-5-7-22(21)32-3)15-23(27)24-20-14-18(26(28)29)11-10-17(20)2/h4-14H,15H2,1-3H3,(H,24,27). The van der Waals surface area contributed by atoms with Crippen LogP contribution in [0.15, 0.2) is 71.6 Å². The van der Waals surface area contributed by atoms with Crippen molar-refractivity contribution < 1.29 is 22.9 Å². The number of nitrogens with one attached hydrogen (secondary N) is 1. The van der Waals surface area contributed by atoms with Crippen molar-refractivity contribution in [3.05, 3.63) is 88.0 Å². The van der Waals surface area contributed by atoms with E-state index in [1.165, 1.54) is 43.5 Å². The molecule has 0 aromatic heterocycles. The van der Waals surface area contributed by atoms with Gasteiger partial charge < -0.3 is 10.1 Å². The van der Waals surface area contributed by atoms with E-state index >= 15 is 0 Å². The summed E-state index contributed by atoms with van der Waals surface area (Å²) < 4.78 is 33.3. The van der Waals surface area contributed by atoms with Gasteiger partial charge in [0.05, 0.1) is 28.3 Å². The number of carbonyl (C=O) groups is 1. The van der Waals surface area contributed by atoms with Crippen LogP contribution in [0.4, 0.5) is 17.1 Å². The molecule has 0 atom stereocenters. The lowest BCUT2D eigenvalue weighted by molar-refractivity contribution is -0.384. The highest BCUT2D eigenvalue weighted by molar-refractivity contribution is 7.92. The Morgan fingerprint density at radius 3 is 2.36 bits per heavy atom. The minimum Gasteiger partial charge on any atom is -0.495 e. The number of hydrogen-bond acceptors (Lipinski definition) is 6. The highest BCUT2D eigenvalue weighted by Gasteiger charge is 2.29. The third kappa shape index (κ3) is 5.29. The number of rotatable bonds is 8. The molecule has 0 bridgehead atoms. The Morgan fingerprint density at radius 1 is 1.06 bits per heavy atom. The van der Waals surface area contributed by atoms with Gasteiger partial charge in [-0.3, -0.25) is 19.2 Å². The van der Waals surface area contributed by atoms with Crippen LogP contribution in [-0.4, -0.2) is 32.9 Å². The molecule has 10 heteroatoms. The zero-order chi connectivity index (χ0) is 24.2. The molecule has 0 unspecified atom stereocenters. The molecule has 0 saturated carbocycles. The van der Waals surface area contributed by atoms with Gasteiger partial charge in [0.15, 0.2) is 0 Å². The average molecular weight is 470 g/mol. The molecule has 0 radical (unpaired) electrons. The number of hydrogen-bond donors (Lipinski definition) is 1. The van der Waals surface area contributed by atoms with Crippen molar-refractivity contribution in [2.24, 2.45) is 0 Å². The summed E-state index contributed by atoms with van der Waals surface area (Å²) in [5.74, 6) is -0.396. The number of carbonyl (C=O) groups excluding carboxylic acids is 1. The van der Waals surface area contributed by atoms with Gasteiger partial charge in [-0.2, -0.15) is 0 Å². The molecule has 0 fully saturated rings. The summed E-state index contributed by atoms with van der Waals surface area (Å²) in [6.45, 7) is 2.95. The Kier molecular flexibility index (Phi) is 6.98. The maximum absolute atomic E-state index is 13.5. The van der Waals surface area contributed by atoms with E-state index in [0.29, 0.717) is 5.56 Å². The Balaban J connectivity index is 2.00. The molecule has 0 aliphatic rings. The first-order valence-electron chi connectivity index (χ1n) is 9.91. The molecule has 3 rings (SSSR count). The summed E-state index contributed by atoms with van der Waals surface area (Å²) in [5.41, 5.74) is 1.70. The van der Waals surface area contributed by atoms with Gasteiger partial charge in [-0.25, -0.2) is 8.42 Å². The van der Waals surface area contributed by atoms with Crippen LogP contribution in [0.1, 0.15) is 11.1 Å². The maximum Gasteiger partial charge on any atom is 0.271 e. The molecule has 0 saturated heterocycles. The number of sulfonamides is 1. The SMILES string of the molecule is COc1ccccc1N(CC(=O)Nc1cc([N+](=O)[O-])ccc1C)S(=O)(=O)c1ccc(C)cc1. The molecule has 9 nitrogen and oxygen atoms in total. The lowest BCUT2D eigenvalue weighted by Gasteiger charge is -2.25. The molecule has 3 aromatic rings. The summed E-state index contributed by atoms with van der Waals surface area (Å²) in [5, 5.41) is 13.7. The number of benzene rings is 3. The van der Waals surface area contributed by atoms with E-state index in [1.807, 2.05) is 6.92 Å². The van der Waals surface area contributed by atoms with Crippen molar-refractivity contribution in [2.75, 3.05) is 23.3 Å². The van der Waals surface area contributed by atoms with Gasteiger partial charge in [-0.15, -0.1) is 0 Å². The van der Waals surface area contributed by atoms with Crippen molar-refractivity contribution in [2.45, 2.75) is 18.7 Å². The molecule has 0 aliphatic heterocycles. The number of aryl methyl sites for hydroxylation is 2. The first-order valence-corrected chi connectivity index (χ1v) is 11.3. The molecule has 33 heavy (non-hydrogen) atoms. The normalized spacial score (nSPS) is 11.0. The van der Waals surface area contributed by atoms with E-state index in [9.17, 15) is 23.3 Å². The minimum absolute atomic E-state index is 0.0123. The van der Waals surface area contributed by atoms with E-state index in [1.54, 1.807) is 37.3 Å². The van der Waals surface area contributed by atoms with Crippen LogP contribution in [0, 0.1) is 24.0 Å². The first kappa shape index (κ1) is 23.7. The number of nitrogens with zero attached hydrogens (tertiary/aromatic N) is 2. The molecular formula is C23H23N3O6S. The smallest absolute Gasteiger partial charge is 0.271 e. The van der Waals surface area contributed by atoms with Crippen molar-refractivity contribution in [1.82, 2.24) is 0 Å². The van der Waals surface area contributed by atoms with E-state index in [2.05, 4.69) is 5.32 Å². The Morgan fingerprint density at radius 2 is 1.73 bits per heavy atom. The monoisotopic (exact) mass is 469 g/mol. The van der Waals surface area contributed by atoms with Crippen LogP contribution in [0.2, 0.25) is 0 Å². The maximum atomic E-state index is 13.5. The van der Waals surface area contributed by atoms with E-state index in [4.69, 9.17) is 4.74 Å². The van der Waals surface area contributed by atoms with Crippen LogP contribution in [0.3, 0.4) is 0 Å². The molecule has 0 aliphatic carbocycles. The highest BCUT2D eigenvalue weighted by atomic mass is 32.2. The Labute approximate surface area is 191 Å². The van der Waals surface area contributed by atoms with Crippen molar-refractivity contribution in [1.29, 1.82) is 0 Å². The average Bonchev–Trinajstić information content (AvgIpc) is 2.79. The number of nitro groups is 1. The third-order valence-corrected chi connectivity index (χ3v) is 6.73. The van der Waals surface area contributed by atoms with Gasteiger partial charge in [-0.05, 0) is 43.7 Å². The number of ether oxygens (including phenoxy) is 1. The molecule has 3 aromatic carbocycles. The summed E-state index contributed by atoms with van der Waals surface area (Å²) in [7, 11) is -2.73. The van der Waals surface area contributed by atoms with Crippen LogP contribution >= 0.6 is 0 Å². The molecule has 172 valence electrons. The lowest BCUT2D eigenvalue weighted by atomic mass is 10.2. The number of non-ortho nitro benzene ring substituents is 1. The quantitative estimate of drug-likeness (QED) is 0.393. The molecule has 0 heterocycles. The fourth-order valence-corrected chi connectivity index (χ4v) is 4.58. The number of methoxy groups -OCH3 is 1.